The molecule has 1 atom stereocenters. The van der Waals surface area contributed by atoms with Crippen molar-refractivity contribution in [2.24, 2.45) is 0 Å². The molecule has 0 unspecified atom stereocenters. The van der Waals surface area contributed by atoms with Crippen LogP contribution < -0.4 is 10.6 Å². The average Bonchev–Trinajstić information content (AvgIpc) is 2.70. The van der Waals surface area contributed by atoms with Crippen molar-refractivity contribution in [3.8, 4) is 0 Å². The molecule has 0 saturated heterocycles. The molecule has 0 aliphatic carbocycles. The van der Waals surface area contributed by atoms with E-state index >= 15 is 0 Å². The lowest BCUT2D eigenvalue weighted by molar-refractivity contribution is -0.384. The molecule has 0 radical (unpaired) electrons. The Hall–Kier alpha value is -3.38. The molecule has 0 bridgehead atoms. The van der Waals surface area contributed by atoms with Crippen LogP contribution in [-0.4, -0.2) is 10.8 Å². The van der Waals surface area contributed by atoms with E-state index in [-0.39, 0.29) is 17.3 Å². The number of anilines is 2. The molecule has 1 amide bonds. The number of halogens is 1. The van der Waals surface area contributed by atoms with Gasteiger partial charge in [0.1, 0.15) is 5.69 Å². The summed E-state index contributed by atoms with van der Waals surface area (Å²) in [5.41, 5.74) is 1.94. The third-order valence-corrected chi connectivity index (χ3v) is 4.48. The van der Waals surface area contributed by atoms with E-state index < -0.39 is 10.8 Å². The average molecular weight is 396 g/mol. The maximum Gasteiger partial charge on any atom is 0.293 e. The fourth-order valence-corrected chi connectivity index (χ4v) is 2.87. The van der Waals surface area contributed by atoms with E-state index in [4.69, 9.17) is 11.6 Å². The van der Waals surface area contributed by atoms with E-state index in [9.17, 15) is 14.9 Å². The molecule has 0 aromatic heterocycles. The van der Waals surface area contributed by atoms with Crippen molar-refractivity contribution >= 4 is 34.6 Å². The molecule has 3 aromatic rings. The third-order valence-electron chi connectivity index (χ3n) is 4.23. The van der Waals surface area contributed by atoms with Crippen LogP contribution in [0.15, 0.2) is 72.8 Å². The fraction of sp³-hybridized carbons (Fsp3) is 0.0952. The Morgan fingerprint density at radius 1 is 1.04 bits per heavy atom. The highest BCUT2D eigenvalue weighted by Gasteiger charge is 2.19. The molecule has 3 rings (SSSR count). The van der Waals surface area contributed by atoms with Gasteiger partial charge in [0.2, 0.25) is 0 Å². The van der Waals surface area contributed by atoms with Gasteiger partial charge in [-0.1, -0.05) is 41.9 Å². The lowest BCUT2D eigenvalue weighted by atomic mass is 10.1. The second-order valence-electron chi connectivity index (χ2n) is 6.23. The van der Waals surface area contributed by atoms with Gasteiger partial charge in [-0.15, -0.1) is 0 Å². The number of nitro benzene ring substituents is 1. The summed E-state index contributed by atoms with van der Waals surface area (Å²) in [6, 6.07) is 20.5. The van der Waals surface area contributed by atoms with Gasteiger partial charge in [-0.05, 0) is 48.9 Å². The number of rotatable bonds is 6. The van der Waals surface area contributed by atoms with Crippen molar-refractivity contribution in [2.45, 2.75) is 13.0 Å². The van der Waals surface area contributed by atoms with E-state index in [1.165, 1.54) is 6.07 Å². The molecule has 0 fully saturated rings. The highest BCUT2D eigenvalue weighted by Crippen LogP contribution is 2.29. The van der Waals surface area contributed by atoms with E-state index in [0.29, 0.717) is 16.4 Å². The maximum atomic E-state index is 12.4. The van der Waals surface area contributed by atoms with Gasteiger partial charge in [-0.2, -0.15) is 0 Å². The van der Waals surface area contributed by atoms with E-state index in [2.05, 4.69) is 10.6 Å². The molecule has 3 aromatic carbocycles. The van der Waals surface area contributed by atoms with Gasteiger partial charge in [0.25, 0.3) is 11.6 Å². The quantitative estimate of drug-likeness (QED) is 0.415. The normalized spacial score (nSPS) is 11.5. The Labute approximate surface area is 167 Å². The lowest BCUT2D eigenvalue weighted by Gasteiger charge is -2.16. The molecule has 0 saturated carbocycles. The summed E-state index contributed by atoms with van der Waals surface area (Å²) in [7, 11) is 0. The van der Waals surface area contributed by atoms with Gasteiger partial charge in [0.05, 0.1) is 4.92 Å². The number of nitrogens with one attached hydrogen (secondary N) is 2. The van der Waals surface area contributed by atoms with Crippen LogP contribution in [0, 0.1) is 10.1 Å². The number of benzene rings is 3. The van der Waals surface area contributed by atoms with E-state index in [1.807, 2.05) is 37.3 Å². The first-order valence-corrected chi connectivity index (χ1v) is 8.98. The van der Waals surface area contributed by atoms with Crippen LogP contribution in [0.25, 0.3) is 0 Å². The predicted octanol–water partition coefficient (Wildman–Crippen LogP) is 5.67. The van der Waals surface area contributed by atoms with Gasteiger partial charge >= 0.3 is 0 Å². The van der Waals surface area contributed by atoms with Crippen LogP contribution in [0.1, 0.15) is 28.9 Å². The SMILES string of the molecule is C[C@H](Nc1ccc(C(=O)Nc2ccc(Cl)cc2)cc1[N+](=O)[O-])c1ccccc1. The number of nitro groups is 1. The van der Waals surface area contributed by atoms with Crippen LogP contribution in [0.5, 0.6) is 0 Å². The first-order valence-electron chi connectivity index (χ1n) is 8.61. The smallest absolute Gasteiger partial charge is 0.293 e. The van der Waals surface area contributed by atoms with Gasteiger partial charge in [0.15, 0.2) is 0 Å². The summed E-state index contributed by atoms with van der Waals surface area (Å²) >= 11 is 5.83. The minimum atomic E-state index is -0.501. The number of carbonyl (C=O) groups excluding carboxylic acids is 1. The van der Waals surface area contributed by atoms with Crippen molar-refractivity contribution in [2.75, 3.05) is 10.6 Å². The second kappa shape index (κ2) is 8.54. The number of carbonyl (C=O) groups is 1. The van der Waals surface area contributed by atoms with Crippen molar-refractivity contribution < 1.29 is 9.72 Å². The van der Waals surface area contributed by atoms with E-state index in [0.717, 1.165) is 5.56 Å². The summed E-state index contributed by atoms with van der Waals surface area (Å²) in [4.78, 5) is 23.5. The number of hydrogen-bond donors (Lipinski definition) is 2. The zero-order valence-corrected chi connectivity index (χ0v) is 15.8. The summed E-state index contributed by atoms with van der Waals surface area (Å²) in [5, 5.41) is 17.9. The summed E-state index contributed by atoms with van der Waals surface area (Å²) < 4.78 is 0. The summed E-state index contributed by atoms with van der Waals surface area (Å²) in [6.45, 7) is 1.92. The van der Waals surface area contributed by atoms with Crippen LogP contribution in [0.2, 0.25) is 5.02 Å². The molecule has 6 nitrogen and oxygen atoms in total. The Kier molecular flexibility index (Phi) is 5.91. The zero-order valence-electron chi connectivity index (χ0n) is 15.1. The first kappa shape index (κ1) is 19.4. The topological polar surface area (TPSA) is 84.3 Å². The summed E-state index contributed by atoms with van der Waals surface area (Å²) in [6.07, 6.45) is 0. The minimum Gasteiger partial charge on any atom is -0.373 e. The summed E-state index contributed by atoms with van der Waals surface area (Å²) in [5.74, 6) is -0.437. The predicted molar refractivity (Wildman–Crippen MR) is 111 cm³/mol. The van der Waals surface area contributed by atoms with Gasteiger partial charge in [0, 0.05) is 28.4 Å². The van der Waals surface area contributed by atoms with E-state index in [1.54, 1.807) is 36.4 Å². The number of hydrogen-bond acceptors (Lipinski definition) is 4. The first-order chi connectivity index (χ1) is 13.4. The van der Waals surface area contributed by atoms with Gasteiger partial charge in [-0.25, -0.2) is 0 Å². The molecular formula is C21H18ClN3O3. The highest BCUT2D eigenvalue weighted by atomic mass is 35.5. The number of nitrogens with zero attached hydrogens (tertiary/aromatic N) is 1. The molecule has 28 heavy (non-hydrogen) atoms. The Morgan fingerprint density at radius 3 is 2.36 bits per heavy atom. The van der Waals surface area contributed by atoms with Crippen LogP contribution >= 0.6 is 11.6 Å². The molecule has 0 aliphatic heterocycles. The van der Waals surface area contributed by atoms with Gasteiger partial charge in [-0.3, -0.25) is 14.9 Å². The molecular weight excluding hydrogens is 378 g/mol. The Balaban J connectivity index is 1.81. The lowest BCUT2D eigenvalue weighted by Crippen LogP contribution is -2.13. The molecule has 7 heteroatoms. The molecule has 0 spiro atoms. The third kappa shape index (κ3) is 4.66. The Bertz CT molecular complexity index is 992. The molecule has 142 valence electrons. The zero-order chi connectivity index (χ0) is 20.1. The van der Waals surface area contributed by atoms with Crippen LogP contribution in [-0.2, 0) is 0 Å². The second-order valence-corrected chi connectivity index (χ2v) is 6.66. The van der Waals surface area contributed by atoms with Crippen LogP contribution in [0.4, 0.5) is 17.1 Å². The molecule has 2 N–H and O–H groups in total. The van der Waals surface area contributed by atoms with Crippen molar-refractivity contribution in [1.29, 1.82) is 0 Å². The largest absolute Gasteiger partial charge is 0.373 e. The monoisotopic (exact) mass is 395 g/mol. The standard InChI is InChI=1S/C21H18ClN3O3/c1-14(15-5-3-2-4-6-15)23-19-12-7-16(13-20(19)25(27)28)21(26)24-18-10-8-17(22)9-11-18/h2-14,23H,1H3,(H,24,26)/t14-/m0/s1. The molecule has 0 heterocycles. The maximum absolute atomic E-state index is 12.4. The van der Waals surface area contributed by atoms with Crippen LogP contribution in [0.3, 0.4) is 0 Å². The highest BCUT2D eigenvalue weighted by molar-refractivity contribution is 6.30. The Morgan fingerprint density at radius 2 is 1.71 bits per heavy atom. The fourth-order valence-electron chi connectivity index (χ4n) is 2.74. The van der Waals surface area contributed by atoms with Gasteiger partial charge < -0.3 is 10.6 Å². The number of amides is 1. The van der Waals surface area contributed by atoms with Crippen molar-refractivity contribution in [3.63, 3.8) is 0 Å². The van der Waals surface area contributed by atoms with Crippen molar-refractivity contribution in [3.05, 3.63) is 99.1 Å². The molecule has 0 aliphatic rings. The van der Waals surface area contributed by atoms with Crippen molar-refractivity contribution in [1.82, 2.24) is 0 Å². The minimum absolute atomic E-state index is 0.131.